The van der Waals surface area contributed by atoms with E-state index in [4.69, 9.17) is 23.2 Å². The Balaban J connectivity index is 2.21. The molecule has 0 radical (unpaired) electrons. The summed E-state index contributed by atoms with van der Waals surface area (Å²) in [4.78, 5) is 31.0. The highest BCUT2D eigenvalue weighted by Gasteiger charge is 2.27. The van der Waals surface area contributed by atoms with Gasteiger partial charge in [-0.05, 0) is 28.9 Å². The molecule has 0 spiro atoms. The van der Waals surface area contributed by atoms with Gasteiger partial charge in [-0.2, -0.15) is 14.5 Å². The highest BCUT2D eigenvalue weighted by atomic mass is 35.5. The number of pyridine rings is 1. The number of aryl methyl sites for hydroxylation is 1. The number of hydrogen-bond donors (Lipinski definition) is 0. The van der Waals surface area contributed by atoms with Crippen LogP contribution >= 0.6 is 23.2 Å². The highest BCUT2D eigenvalue weighted by molar-refractivity contribution is 6.31. The summed E-state index contributed by atoms with van der Waals surface area (Å²) in [6.07, 6.45) is 5.54. The van der Waals surface area contributed by atoms with E-state index < -0.39 is 17.1 Å². The van der Waals surface area contributed by atoms with Crippen molar-refractivity contribution in [1.82, 2.24) is 23.9 Å². The lowest BCUT2D eigenvalue weighted by molar-refractivity contribution is -0.602. The molecule has 4 aromatic rings. The first-order chi connectivity index (χ1) is 15.3. The lowest BCUT2D eigenvalue weighted by Gasteiger charge is -2.15. The van der Waals surface area contributed by atoms with Crippen molar-refractivity contribution in [3.8, 4) is 28.7 Å². The number of aromatic nitrogens is 6. The highest BCUT2D eigenvalue weighted by Crippen LogP contribution is 2.25. The van der Waals surface area contributed by atoms with Crippen LogP contribution < -0.4 is 15.8 Å². The lowest BCUT2D eigenvalue weighted by atomic mass is 10.1. The van der Waals surface area contributed by atoms with Gasteiger partial charge in [-0.25, -0.2) is 18.3 Å². The first-order valence-electron chi connectivity index (χ1n) is 9.05. The van der Waals surface area contributed by atoms with Gasteiger partial charge in [-0.15, -0.1) is 0 Å². The van der Waals surface area contributed by atoms with Crippen molar-refractivity contribution in [3.63, 3.8) is 0 Å². The molecular formula is C20H13Cl2FN7O2+. The summed E-state index contributed by atoms with van der Waals surface area (Å²) in [7, 11) is 1.65. The Hall–Kier alpha value is -3.81. The molecule has 0 bridgehead atoms. The predicted octanol–water partition coefficient (Wildman–Crippen LogP) is 2.04. The molecule has 3 heterocycles. The summed E-state index contributed by atoms with van der Waals surface area (Å²) in [6.45, 7) is -0.383. The van der Waals surface area contributed by atoms with Gasteiger partial charge in [0.15, 0.2) is 6.33 Å². The Morgan fingerprint density at radius 1 is 1.22 bits per heavy atom. The largest absolute Gasteiger partial charge is 0.380 e. The van der Waals surface area contributed by atoms with Gasteiger partial charge >= 0.3 is 5.69 Å². The standard InChI is InChI=1S/C20H13Cl2FN7O2/c1-27-11-28(10-26-27)18-17(12-2-3-16(23)15(22)6-12)19(31)30(20(32)29(18)5-4-24)14-7-13(21)8-25-9-14/h2-3,6-11H,5H2,1H3/q+1. The average molecular weight is 473 g/mol. The van der Waals surface area contributed by atoms with Crippen molar-refractivity contribution in [3.05, 3.63) is 86.0 Å². The topological polar surface area (TPSA) is 102 Å². The molecule has 1 aromatic carbocycles. The van der Waals surface area contributed by atoms with Gasteiger partial charge in [0.05, 0.1) is 35.0 Å². The fourth-order valence-electron chi connectivity index (χ4n) is 3.26. The van der Waals surface area contributed by atoms with E-state index in [9.17, 15) is 19.2 Å². The Morgan fingerprint density at radius 2 is 2.00 bits per heavy atom. The van der Waals surface area contributed by atoms with Crippen LogP contribution in [0, 0.1) is 17.1 Å². The summed E-state index contributed by atoms with van der Waals surface area (Å²) < 4.78 is 18.7. The number of benzene rings is 1. The molecule has 3 aromatic heterocycles. The van der Waals surface area contributed by atoms with Crippen molar-refractivity contribution in [1.29, 1.82) is 5.26 Å². The van der Waals surface area contributed by atoms with E-state index in [1.165, 1.54) is 52.5 Å². The van der Waals surface area contributed by atoms with Crippen LogP contribution in [0.4, 0.5) is 4.39 Å². The van der Waals surface area contributed by atoms with E-state index >= 15 is 0 Å². The molecule has 0 atom stereocenters. The fourth-order valence-corrected chi connectivity index (χ4v) is 3.61. The Kier molecular flexibility index (Phi) is 5.61. The molecule has 12 heteroatoms. The summed E-state index contributed by atoms with van der Waals surface area (Å²) in [5.41, 5.74) is -1.18. The summed E-state index contributed by atoms with van der Waals surface area (Å²) in [6, 6.07) is 7.07. The first-order valence-corrected chi connectivity index (χ1v) is 9.81. The van der Waals surface area contributed by atoms with Crippen molar-refractivity contribution >= 4 is 23.2 Å². The molecular weight excluding hydrogens is 460 g/mol. The van der Waals surface area contributed by atoms with Crippen LogP contribution in [0.2, 0.25) is 10.0 Å². The summed E-state index contributed by atoms with van der Waals surface area (Å²) >= 11 is 12.0. The SMILES string of the molecule is Cn1c[n+](-c2c(-c3ccc(F)c(Cl)c3)c(=O)n(-c3cncc(Cl)c3)c(=O)n2CC#N)cn1. The smallest absolute Gasteiger partial charge is 0.268 e. The molecule has 160 valence electrons. The quantitative estimate of drug-likeness (QED) is 0.423. The molecule has 0 saturated carbocycles. The summed E-state index contributed by atoms with van der Waals surface area (Å²) in [5.74, 6) is -0.598. The number of nitrogens with zero attached hydrogens (tertiary/aromatic N) is 7. The second-order valence-electron chi connectivity index (χ2n) is 6.68. The zero-order chi connectivity index (χ0) is 23.0. The van der Waals surface area contributed by atoms with Crippen molar-refractivity contribution in [2.24, 2.45) is 7.05 Å². The van der Waals surface area contributed by atoms with Gasteiger partial charge in [-0.3, -0.25) is 9.78 Å². The normalized spacial score (nSPS) is 10.8. The third-order valence-corrected chi connectivity index (χ3v) is 5.09. The van der Waals surface area contributed by atoms with E-state index in [1.54, 1.807) is 7.05 Å². The van der Waals surface area contributed by atoms with Gasteiger partial charge < -0.3 is 0 Å². The van der Waals surface area contributed by atoms with Crippen molar-refractivity contribution < 1.29 is 8.96 Å². The second kappa shape index (κ2) is 8.37. The van der Waals surface area contributed by atoms with Crippen LogP contribution in [0.3, 0.4) is 0 Å². The van der Waals surface area contributed by atoms with Gasteiger partial charge in [0.1, 0.15) is 17.9 Å². The third kappa shape index (κ3) is 3.68. The maximum absolute atomic E-state index is 13.8. The molecule has 0 amide bonds. The molecule has 9 nitrogen and oxygen atoms in total. The van der Waals surface area contributed by atoms with Gasteiger partial charge in [0.25, 0.3) is 5.56 Å². The van der Waals surface area contributed by atoms with E-state index in [2.05, 4.69) is 10.1 Å². The number of halogens is 3. The average Bonchev–Trinajstić information content (AvgIpc) is 3.18. The molecule has 0 aliphatic carbocycles. The number of hydrogen-bond acceptors (Lipinski definition) is 5. The van der Waals surface area contributed by atoms with Crippen molar-refractivity contribution in [2.45, 2.75) is 6.54 Å². The molecule has 0 aliphatic rings. The summed E-state index contributed by atoms with van der Waals surface area (Å²) in [5, 5.41) is 13.5. The fraction of sp³-hybridized carbons (Fsp3) is 0.100. The Bertz CT molecular complexity index is 1520. The van der Waals surface area contributed by atoms with Crippen LogP contribution in [0.5, 0.6) is 0 Å². The van der Waals surface area contributed by atoms with Gasteiger partial charge in [-0.1, -0.05) is 29.3 Å². The van der Waals surface area contributed by atoms with Crippen LogP contribution in [-0.2, 0) is 13.6 Å². The number of rotatable bonds is 4. The molecule has 0 aliphatic heterocycles. The number of nitriles is 1. The maximum atomic E-state index is 13.8. The van der Waals surface area contributed by atoms with E-state index in [0.29, 0.717) is 0 Å². The van der Waals surface area contributed by atoms with E-state index in [0.717, 1.165) is 15.2 Å². The molecule has 0 unspecified atom stereocenters. The van der Waals surface area contributed by atoms with Crippen LogP contribution in [0.1, 0.15) is 0 Å². The first kappa shape index (κ1) is 21.4. The minimum Gasteiger partial charge on any atom is -0.268 e. The second-order valence-corrected chi connectivity index (χ2v) is 7.53. The van der Waals surface area contributed by atoms with E-state index in [1.807, 2.05) is 6.07 Å². The lowest BCUT2D eigenvalue weighted by Crippen LogP contribution is -2.47. The van der Waals surface area contributed by atoms with Crippen LogP contribution in [0.25, 0.3) is 22.6 Å². The van der Waals surface area contributed by atoms with Crippen LogP contribution in [0.15, 0.2) is 58.9 Å². The molecule has 0 saturated heterocycles. The minimum atomic E-state index is -0.788. The Morgan fingerprint density at radius 3 is 2.62 bits per heavy atom. The maximum Gasteiger partial charge on any atom is 0.380 e. The zero-order valence-electron chi connectivity index (χ0n) is 16.4. The zero-order valence-corrected chi connectivity index (χ0v) is 17.9. The van der Waals surface area contributed by atoms with Gasteiger partial charge in [0.2, 0.25) is 12.1 Å². The minimum absolute atomic E-state index is 0.000254. The van der Waals surface area contributed by atoms with E-state index in [-0.39, 0.29) is 39.2 Å². The Labute approximate surface area is 189 Å². The predicted molar refractivity (Wildman–Crippen MR) is 113 cm³/mol. The molecule has 32 heavy (non-hydrogen) atoms. The van der Waals surface area contributed by atoms with Gasteiger partial charge in [0, 0.05) is 6.20 Å². The van der Waals surface area contributed by atoms with Crippen LogP contribution in [-0.4, -0.2) is 23.9 Å². The molecule has 4 rings (SSSR count). The molecule has 0 N–H and O–H groups in total. The monoisotopic (exact) mass is 472 g/mol. The molecule has 0 fully saturated rings. The van der Waals surface area contributed by atoms with Crippen molar-refractivity contribution in [2.75, 3.05) is 0 Å². The third-order valence-electron chi connectivity index (χ3n) is 4.60.